The van der Waals surface area contributed by atoms with Gasteiger partial charge in [0.05, 0.1) is 7.11 Å². The number of aryl methyl sites for hydroxylation is 2. The van der Waals surface area contributed by atoms with Gasteiger partial charge in [0.1, 0.15) is 0 Å². The van der Waals surface area contributed by atoms with Gasteiger partial charge in [-0.15, -0.1) is 0 Å². The third-order valence-electron chi connectivity index (χ3n) is 2.18. The molecule has 0 aliphatic rings. The topological polar surface area (TPSA) is 52.6 Å². The van der Waals surface area contributed by atoms with Crippen molar-refractivity contribution in [1.29, 1.82) is 0 Å². The molecule has 0 amide bonds. The quantitative estimate of drug-likeness (QED) is 0.581. The van der Waals surface area contributed by atoms with E-state index in [1.807, 2.05) is 26.0 Å². The van der Waals surface area contributed by atoms with E-state index < -0.39 is 6.16 Å². The fraction of sp³-hybridized carbons (Fsp3) is 0.333. The van der Waals surface area contributed by atoms with Crippen molar-refractivity contribution in [3.63, 3.8) is 0 Å². The summed E-state index contributed by atoms with van der Waals surface area (Å²) in [6.45, 7) is 3.44. The molecule has 0 N–H and O–H groups in total. The van der Waals surface area contributed by atoms with Crippen LogP contribution in [0.4, 0.5) is 4.79 Å². The van der Waals surface area contributed by atoms with Crippen LogP contribution in [0.5, 0.6) is 0 Å². The van der Waals surface area contributed by atoms with Gasteiger partial charge in [-0.25, -0.2) is 4.79 Å². The average Bonchev–Trinajstić information content (AvgIpc) is 2.28. The van der Waals surface area contributed by atoms with Crippen LogP contribution in [0, 0.1) is 13.8 Å². The minimum atomic E-state index is -0.848. The van der Waals surface area contributed by atoms with E-state index in [-0.39, 0.29) is 12.4 Å². The Labute approximate surface area is 94.2 Å². The van der Waals surface area contributed by atoms with E-state index in [2.05, 4.69) is 9.47 Å². The zero-order chi connectivity index (χ0) is 12.1. The molecule has 86 valence electrons. The van der Waals surface area contributed by atoms with E-state index in [9.17, 15) is 9.59 Å². The lowest BCUT2D eigenvalue weighted by molar-refractivity contribution is 0.0611. The van der Waals surface area contributed by atoms with Gasteiger partial charge in [-0.2, -0.15) is 0 Å². The Hall–Kier alpha value is -1.84. The van der Waals surface area contributed by atoms with Crippen LogP contribution in [0.25, 0.3) is 0 Å². The largest absolute Gasteiger partial charge is 0.508 e. The molecule has 0 fully saturated rings. The van der Waals surface area contributed by atoms with Gasteiger partial charge in [0, 0.05) is 5.56 Å². The zero-order valence-corrected chi connectivity index (χ0v) is 9.57. The molecule has 0 atom stereocenters. The van der Waals surface area contributed by atoms with Crippen LogP contribution in [-0.4, -0.2) is 25.7 Å². The first-order valence-electron chi connectivity index (χ1n) is 4.86. The van der Waals surface area contributed by atoms with Crippen molar-refractivity contribution in [1.82, 2.24) is 0 Å². The van der Waals surface area contributed by atoms with Gasteiger partial charge in [-0.1, -0.05) is 17.7 Å². The van der Waals surface area contributed by atoms with Gasteiger partial charge < -0.3 is 9.47 Å². The van der Waals surface area contributed by atoms with Gasteiger partial charge in [-0.05, 0) is 25.5 Å². The fourth-order valence-electron chi connectivity index (χ4n) is 1.30. The molecule has 0 aliphatic carbocycles. The number of carbonyl (C=O) groups is 2. The Bertz CT molecular complexity index is 409. The summed E-state index contributed by atoms with van der Waals surface area (Å²) in [5, 5.41) is 0. The fourth-order valence-corrected chi connectivity index (χ4v) is 1.30. The highest BCUT2D eigenvalue weighted by molar-refractivity contribution is 5.99. The molecule has 0 saturated heterocycles. The summed E-state index contributed by atoms with van der Waals surface area (Å²) in [5.41, 5.74) is 2.43. The van der Waals surface area contributed by atoms with E-state index in [0.29, 0.717) is 5.56 Å². The summed E-state index contributed by atoms with van der Waals surface area (Å²) in [4.78, 5) is 22.4. The molecule has 4 heteroatoms. The molecule has 1 aromatic carbocycles. The standard InChI is InChI=1S/C12H14O4/c1-8-4-5-9(2)10(6-8)11(13)7-16-12(14)15-3/h4-6H,7H2,1-3H3. The number of ether oxygens (including phenoxy) is 2. The Morgan fingerprint density at radius 2 is 1.94 bits per heavy atom. The molecule has 0 bridgehead atoms. The molecule has 4 nitrogen and oxygen atoms in total. The van der Waals surface area contributed by atoms with E-state index in [0.717, 1.165) is 11.1 Å². The molecular formula is C12H14O4. The maximum absolute atomic E-state index is 11.7. The van der Waals surface area contributed by atoms with Gasteiger partial charge >= 0.3 is 6.16 Å². The number of methoxy groups -OCH3 is 1. The summed E-state index contributed by atoms with van der Waals surface area (Å²) in [6, 6.07) is 5.56. The van der Waals surface area contributed by atoms with Crippen molar-refractivity contribution in [3.05, 3.63) is 34.9 Å². The van der Waals surface area contributed by atoms with E-state index in [4.69, 9.17) is 0 Å². The number of hydrogen-bond acceptors (Lipinski definition) is 4. The Balaban J connectivity index is 2.73. The lowest BCUT2D eigenvalue weighted by Gasteiger charge is -2.06. The van der Waals surface area contributed by atoms with Crippen molar-refractivity contribution in [2.75, 3.05) is 13.7 Å². The highest BCUT2D eigenvalue weighted by atomic mass is 16.7. The predicted molar refractivity (Wildman–Crippen MR) is 58.6 cm³/mol. The number of benzene rings is 1. The number of hydrogen-bond donors (Lipinski definition) is 0. The molecule has 0 heterocycles. The summed E-state index contributed by atoms with van der Waals surface area (Å²) >= 11 is 0. The van der Waals surface area contributed by atoms with Crippen LogP contribution < -0.4 is 0 Å². The number of carbonyl (C=O) groups excluding carboxylic acids is 2. The van der Waals surface area contributed by atoms with Gasteiger partial charge in [0.2, 0.25) is 5.78 Å². The van der Waals surface area contributed by atoms with Crippen LogP contribution in [0.3, 0.4) is 0 Å². The van der Waals surface area contributed by atoms with Crippen molar-refractivity contribution in [2.45, 2.75) is 13.8 Å². The molecule has 1 rings (SSSR count). The van der Waals surface area contributed by atoms with Crippen LogP contribution in [-0.2, 0) is 9.47 Å². The van der Waals surface area contributed by atoms with Gasteiger partial charge in [-0.3, -0.25) is 4.79 Å². The van der Waals surface area contributed by atoms with Crippen LogP contribution in [0.1, 0.15) is 21.5 Å². The SMILES string of the molecule is COC(=O)OCC(=O)c1cc(C)ccc1C. The molecule has 0 aromatic heterocycles. The summed E-state index contributed by atoms with van der Waals surface area (Å²) < 4.78 is 8.87. The van der Waals surface area contributed by atoms with Crippen LogP contribution in [0.2, 0.25) is 0 Å². The molecular weight excluding hydrogens is 208 g/mol. The number of Topliss-reactive ketones (excluding diaryl/α,β-unsaturated/α-hetero) is 1. The van der Waals surface area contributed by atoms with Crippen molar-refractivity contribution < 1.29 is 19.1 Å². The van der Waals surface area contributed by atoms with Crippen molar-refractivity contribution >= 4 is 11.9 Å². The predicted octanol–water partition coefficient (Wildman–Crippen LogP) is 2.27. The van der Waals surface area contributed by atoms with Crippen LogP contribution in [0.15, 0.2) is 18.2 Å². The smallest absolute Gasteiger partial charge is 0.438 e. The molecule has 0 unspecified atom stereocenters. The first kappa shape index (κ1) is 12.2. The second-order valence-electron chi connectivity index (χ2n) is 3.48. The van der Waals surface area contributed by atoms with E-state index in [1.54, 1.807) is 6.07 Å². The van der Waals surface area contributed by atoms with Crippen LogP contribution >= 0.6 is 0 Å². The maximum Gasteiger partial charge on any atom is 0.508 e. The van der Waals surface area contributed by atoms with Crippen molar-refractivity contribution in [3.8, 4) is 0 Å². The Morgan fingerprint density at radius 3 is 2.56 bits per heavy atom. The second kappa shape index (κ2) is 5.30. The normalized spacial score (nSPS) is 9.69. The summed E-state index contributed by atoms with van der Waals surface area (Å²) in [5.74, 6) is -0.230. The highest BCUT2D eigenvalue weighted by Gasteiger charge is 2.12. The third kappa shape index (κ3) is 3.08. The second-order valence-corrected chi connectivity index (χ2v) is 3.48. The molecule has 0 aliphatic heterocycles. The Morgan fingerprint density at radius 1 is 1.25 bits per heavy atom. The Kier molecular flexibility index (Phi) is 4.05. The summed E-state index contributed by atoms with van der Waals surface area (Å²) in [7, 11) is 1.20. The average molecular weight is 222 g/mol. The maximum atomic E-state index is 11.7. The monoisotopic (exact) mass is 222 g/mol. The van der Waals surface area contributed by atoms with Crippen molar-refractivity contribution in [2.24, 2.45) is 0 Å². The molecule has 0 spiro atoms. The first-order chi connectivity index (χ1) is 7.54. The summed E-state index contributed by atoms with van der Waals surface area (Å²) in [6.07, 6.45) is -0.848. The van der Waals surface area contributed by atoms with Gasteiger partial charge in [0.15, 0.2) is 6.61 Å². The highest BCUT2D eigenvalue weighted by Crippen LogP contribution is 2.11. The zero-order valence-electron chi connectivity index (χ0n) is 9.57. The van der Waals surface area contributed by atoms with E-state index >= 15 is 0 Å². The lowest BCUT2D eigenvalue weighted by atomic mass is 10.0. The number of rotatable bonds is 3. The minimum absolute atomic E-state index is 0.230. The number of ketones is 1. The molecule has 16 heavy (non-hydrogen) atoms. The van der Waals surface area contributed by atoms with E-state index in [1.165, 1.54) is 7.11 Å². The van der Waals surface area contributed by atoms with Gasteiger partial charge in [0.25, 0.3) is 0 Å². The minimum Gasteiger partial charge on any atom is -0.438 e. The molecule has 0 radical (unpaired) electrons. The first-order valence-corrected chi connectivity index (χ1v) is 4.86. The third-order valence-corrected chi connectivity index (χ3v) is 2.18. The molecule has 0 saturated carbocycles. The lowest BCUT2D eigenvalue weighted by Crippen LogP contribution is -2.15. The molecule has 1 aromatic rings.